The molecule has 0 unspecified atom stereocenters. The molecule has 1 aromatic carbocycles. The summed E-state index contributed by atoms with van der Waals surface area (Å²) in [5, 5.41) is 20.7. The standard InChI is InChI=1S/C32H44N2/c1-3-5-6-10-30-14-20-32(21-15-30,22-16-30)28-8-7-27(25(23-33)26(28)24-34)31-17-11-29(9-4-2,12-18-31)13-19-31/h7-8H,3-6,9-22H2,1-2H3. The fourth-order valence-electron chi connectivity index (χ4n) is 9.08. The van der Waals surface area contributed by atoms with Gasteiger partial charge in [-0.1, -0.05) is 51.7 Å². The molecular weight excluding hydrogens is 412 g/mol. The number of fused-ring (bicyclic) bond motifs is 6. The summed E-state index contributed by atoms with van der Waals surface area (Å²) in [7, 11) is 0. The number of hydrogen-bond donors (Lipinski definition) is 0. The Morgan fingerprint density at radius 2 is 1.00 bits per heavy atom. The number of unbranched alkanes of at least 4 members (excludes halogenated alkanes) is 2. The average molecular weight is 457 g/mol. The largest absolute Gasteiger partial charge is 0.192 e. The van der Waals surface area contributed by atoms with Crippen LogP contribution in [0.3, 0.4) is 0 Å². The quantitative estimate of drug-likeness (QED) is 0.366. The van der Waals surface area contributed by atoms with Crippen LogP contribution in [0.4, 0.5) is 0 Å². The third-order valence-electron chi connectivity index (χ3n) is 11.5. The molecule has 1 aromatic rings. The first-order chi connectivity index (χ1) is 16.5. The molecule has 0 saturated heterocycles. The van der Waals surface area contributed by atoms with Crippen LogP contribution in [-0.2, 0) is 10.8 Å². The van der Waals surface area contributed by atoms with Gasteiger partial charge in [-0.25, -0.2) is 0 Å². The molecule has 4 bridgehead atoms. The van der Waals surface area contributed by atoms with Crippen molar-refractivity contribution >= 4 is 0 Å². The molecule has 7 rings (SSSR count). The Morgan fingerprint density at radius 1 is 0.588 bits per heavy atom. The van der Waals surface area contributed by atoms with E-state index in [-0.39, 0.29) is 10.8 Å². The van der Waals surface area contributed by atoms with Gasteiger partial charge in [0.1, 0.15) is 12.1 Å². The van der Waals surface area contributed by atoms with Crippen molar-refractivity contribution in [3.8, 4) is 12.1 Å². The van der Waals surface area contributed by atoms with E-state index in [1.165, 1.54) is 127 Å². The van der Waals surface area contributed by atoms with Crippen molar-refractivity contribution in [3.05, 3.63) is 34.4 Å². The van der Waals surface area contributed by atoms with E-state index in [1.54, 1.807) is 0 Å². The summed E-state index contributed by atoms with van der Waals surface area (Å²) in [6, 6.07) is 9.80. The van der Waals surface area contributed by atoms with Crippen LogP contribution in [0.1, 0.15) is 152 Å². The number of nitriles is 2. The topological polar surface area (TPSA) is 47.6 Å². The molecule has 2 heteroatoms. The summed E-state index contributed by atoms with van der Waals surface area (Å²) in [6.45, 7) is 4.62. The van der Waals surface area contributed by atoms with Gasteiger partial charge in [0.15, 0.2) is 0 Å². The van der Waals surface area contributed by atoms with Crippen molar-refractivity contribution in [2.75, 3.05) is 0 Å². The van der Waals surface area contributed by atoms with Gasteiger partial charge in [-0.3, -0.25) is 0 Å². The van der Waals surface area contributed by atoms with Crippen LogP contribution in [0.2, 0.25) is 0 Å². The number of hydrogen-bond acceptors (Lipinski definition) is 2. The molecule has 0 N–H and O–H groups in total. The van der Waals surface area contributed by atoms with Crippen LogP contribution in [-0.4, -0.2) is 0 Å². The molecule has 0 atom stereocenters. The lowest BCUT2D eigenvalue weighted by molar-refractivity contribution is 0.0293. The zero-order valence-corrected chi connectivity index (χ0v) is 21.8. The highest BCUT2D eigenvalue weighted by molar-refractivity contribution is 5.59. The van der Waals surface area contributed by atoms with E-state index in [1.807, 2.05) is 0 Å². The molecule has 6 aliphatic carbocycles. The minimum atomic E-state index is 0.134. The molecule has 0 aliphatic heterocycles. The summed E-state index contributed by atoms with van der Waals surface area (Å²) in [6.07, 6.45) is 23.2. The van der Waals surface area contributed by atoms with Crippen LogP contribution >= 0.6 is 0 Å². The maximum Gasteiger partial charge on any atom is 0.101 e. The maximum atomic E-state index is 10.4. The van der Waals surface area contributed by atoms with Crippen LogP contribution < -0.4 is 0 Å². The Labute approximate surface area is 208 Å². The second-order valence-corrected chi connectivity index (χ2v) is 12.9. The van der Waals surface area contributed by atoms with Gasteiger partial charge in [-0.2, -0.15) is 10.5 Å². The second kappa shape index (κ2) is 9.01. The van der Waals surface area contributed by atoms with E-state index < -0.39 is 0 Å². The van der Waals surface area contributed by atoms with Gasteiger partial charge in [-0.05, 0) is 123 Å². The molecule has 0 amide bonds. The fourth-order valence-corrected chi connectivity index (χ4v) is 9.08. The van der Waals surface area contributed by atoms with Crippen molar-refractivity contribution in [1.29, 1.82) is 10.5 Å². The Morgan fingerprint density at radius 3 is 1.35 bits per heavy atom. The molecule has 0 aromatic heterocycles. The lowest BCUT2D eigenvalue weighted by atomic mass is 9.49. The molecule has 0 radical (unpaired) electrons. The summed E-state index contributed by atoms with van der Waals surface area (Å²) < 4.78 is 0. The number of benzene rings is 1. The summed E-state index contributed by atoms with van der Waals surface area (Å²) in [5.41, 5.74) is 5.32. The lowest BCUT2D eigenvalue weighted by Crippen LogP contribution is -2.45. The van der Waals surface area contributed by atoms with E-state index >= 15 is 0 Å². The van der Waals surface area contributed by atoms with Crippen molar-refractivity contribution in [3.63, 3.8) is 0 Å². The molecule has 0 heterocycles. The molecule has 34 heavy (non-hydrogen) atoms. The predicted octanol–water partition coefficient (Wildman–Crippen LogP) is 8.99. The van der Waals surface area contributed by atoms with Crippen LogP contribution in [0.5, 0.6) is 0 Å². The zero-order valence-electron chi connectivity index (χ0n) is 21.8. The van der Waals surface area contributed by atoms with E-state index in [0.29, 0.717) is 10.8 Å². The fraction of sp³-hybridized carbons (Fsp3) is 0.750. The Bertz CT molecular complexity index is 954. The Kier molecular flexibility index (Phi) is 6.34. The van der Waals surface area contributed by atoms with E-state index in [4.69, 9.17) is 0 Å². The highest BCUT2D eigenvalue weighted by atomic mass is 14.6. The molecule has 6 saturated carbocycles. The van der Waals surface area contributed by atoms with Crippen LogP contribution in [0, 0.1) is 33.5 Å². The first-order valence-corrected chi connectivity index (χ1v) is 14.5. The number of rotatable bonds is 8. The van der Waals surface area contributed by atoms with Gasteiger partial charge in [0.05, 0.1) is 11.1 Å². The molecular formula is C32H44N2. The van der Waals surface area contributed by atoms with Gasteiger partial charge in [0, 0.05) is 0 Å². The summed E-state index contributed by atoms with van der Waals surface area (Å²) in [5.74, 6) is 0. The zero-order chi connectivity index (χ0) is 23.9. The predicted molar refractivity (Wildman–Crippen MR) is 139 cm³/mol. The highest BCUT2D eigenvalue weighted by Gasteiger charge is 2.52. The molecule has 182 valence electrons. The SMILES string of the molecule is CCCCCC12CCC(c3ccc(C45CCC(CCC)(CC4)CC5)c(C#N)c3C#N)(CC1)CC2. The summed E-state index contributed by atoms with van der Waals surface area (Å²) >= 11 is 0. The monoisotopic (exact) mass is 456 g/mol. The van der Waals surface area contributed by atoms with E-state index in [0.717, 1.165) is 11.1 Å². The van der Waals surface area contributed by atoms with Crippen LogP contribution in [0.15, 0.2) is 12.1 Å². The third-order valence-corrected chi connectivity index (χ3v) is 11.5. The van der Waals surface area contributed by atoms with Gasteiger partial charge in [-0.15, -0.1) is 0 Å². The minimum Gasteiger partial charge on any atom is -0.192 e. The first kappa shape index (κ1) is 23.9. The van der Waals surface area contributed by atoms with E-state index in [9.17, 15) is 10.5 Å². The van der Waals surface area contributed by atoms with Gasteiger partial charge in [0.2, 0.25) is 0 Å². The second-order valence-electron chi connectivity index (χ2n) is 12.9. The van der Waals surface area contributed by atoms with Crippen molar-refractivity contribution in [2.24, 2.45) is 10.8 Å². The molecule has 6 aliphatic rings. The van der Waals surface area contributed by atoms with Crippen molar-refractivity contribution in [2.45, 2.75) is 140 Å². The summed E-state index contributed by atoms with van der Waals surface area (Å²) in [4.78, 5) is 0. The van der Waals surface area contributed by atoms with Crippen LogP contribution in [0.25, 0.3) is 0 Å². The average Bonchev–Trinajstić information content (AvgIpc) is 2.90. The van der Waals surface area contributed by atoms with Crippen molar-refractivity contribution in [1.82, 2.24) is 0 Å². The molecule has 2 nitrogen and oxygen atoms in total. The Hall–Kier alpha value is -1.80. The van der Waals surface area contributed by atoms with Gasteiger partial charge >= 0.3 is 0 Å². The van der Waals surface area contributed by atoms with Gasteiger partial charge < -0.3 is 0 Å². The smallest absolute Gasteiger partial charge is 0.101 e. The molecule has 6 fully saturated rings. The van der Waals surface area contributed by atoms with E-state index in [2.05, 4.69) is 38.1 Å². The number of nitrogens with zero attached hydrogens (tertiary/aromatic N) is 2. The highest BCUT2D eigenvalue weighted by Crippen LogP contribution is 2.62. The minimum absolute atomic E-state index is 0.134. The lowest BCUT2D eigenvalue weighted by Gasteiger charge is -2.55. The van der Waals surface area contributed by atoms with Crippen molar-refractivity contribution < 1.29 is 0 Å². The first-order valence-electron chi connectivity index (χ1n) is 14.5. The third kappa shape index (κ3) is 3.72. The normalized spacial score (nSPS) is 36.2. The Balaban J connectivity index is 1.43. The molecule has 0 spiro atoms. The van der Waals surface area contributed by atoms with Gasteiger partial charge in [0.25, 0.3) is 0 Å². The maximum absolute atomic E-state index is 10.4.